The summed E-state index contributed by atoms with van der Waals surface area (Å²) >= 11 is 1.49. The summed E-state index contributed by atoms with van der Waals surface area (Å²) in [6, 6.07) is 4.53. The molecule has 3 N–H and O–H groups in total. The maximum atomic E-state index is 10.7. The lowest BCUT2D eigenvalue weighted by atomic mass is 10.3. The number of nitrogens with one attached hydrogen (secondary N) is 1. The Morgan fingerprint density at radius 1 is 1.44 bits per heavy atom. The summed E-state index contributed by atoms with van der Waals surface area (Å²) in [5.41, 5.74) is 6.14. The summed E-state index contributed by atoms with van der Waals surface area (Å²) in [5.74, 6) is 0.395. The fraction of sp³-hybridized carbons (Fsp3) is 0. The van der Waals surface area contributed by atoms with Crippen molar-refractivity contribution in [3.63, 3.8) is 0 Å². The van der Waals surface area contributed by atoms with E-state index in [1.807, 2.05) is 10.8 Å². The van der Waals surface area contributed by atoms with E-state index in [1.165, 1.54) is 23.5 Å². The van der Waals surface area contributed by atoms with Crippen LogP contribution in [0.1, 0.15) is 0 Å². The van der Waals surface area contributed by atoms with Gasteiger partial charge in [-0.2, -0.15) is 11.3 Å². The van der Waals surface area contributed by atoms with Gasteiger partial charge in [0.25, 0.3) is 0 Å². The molecule has 2 heterocycles. The minimum Gasteiger partial charge on any atom is -0.384 e. The Morgan fingerprint density at radius 2 is 2.25 bits per heavy atom. The first kappa shape index (κ1) is 10.4. The Bertz CT molecular complexity index is 512. The zero-order valence-corrected chi connectivity index (χ0v) is 8.90. The number of rotatable bonds is 3. The first-order valence-corrected chi connectivity index (χ1v) is 5.31. The second kappa shape index (κ2) is 4.15. The molecule has 2 aromatic rings. The van der Waals surface area contributed by atoms with E-state index in [-0.39, 0.29) is 17.3 Å². The van der Waals surface area contributed by atoms with E-state index < -0.39 is 4.92 Å². The third kappa shape index (κ3) is 2.09. The smallest absolute Gasteiger partial charge is 0.311 e. The van der Waals surface area contributed by atoms with Crippen LogP contribution >= 0.6 is 11.3 Å². The Balaban J connectivity index is 2.38. The monoisotopic (exact) mass is 236 g/mol. The van der Waals surface area contributed by atoms with Gasteiger partial charge >= 0.3 is 5.69 Å². The molecule has 0 radical (unpaired) electrons. The van der Waals surface area contributed by atoms with Gasteiger partial charge in [-0.25, -0.2) is 4.98 Å². The highest BCUT2D eigenvalue weighted by Gasteiger charge is 2.15. The van der Waals surface area contributed by atoms with Gasteiger partial charge in [-0.15, -0.1) is 0 Å². The second-order valence-electron chi connectivity index (χ2n) is 3.00. The van der Waals surface area contributed by atoms with Crippen molar-refractivity contribution >= 4 is 34.3 Å². The molecule has 0 fully saturated rings. The fourth-order valence-corrected chi connectivity index (χ4v) is 1.77. The third-order valence-electron chi connectivity index (χ3n) is 1.88. The van der Waals surface area contributed by atoms with Crippen LogP contribution in [0.25, 0.3) is 0 Å². The largest absolute Gasteiger partial charge is 0.384 e. The van der Waals surface area contributed by atoms with Gasteiger partial charge in [-0.05, 0) is 17.5 Å². The molecule has 0 saturated heterocycles. The second-order valence-corrected chi connectivity index (χ2v) is 3.78. The standard InChI is InChI=1S/C9H8N4O2S/c10-8-2-1-7(13(14)15)9(12-8)11-6-3-4-16-5-6/h1-5H,(H3,10,11,12). The van der Waals surface area contributed by atoms with Gasteiger partial charge in [0.15, 0.2) is 0 Å². The van der Waals surface area contributed by atoms with Gasteiger partial charge < -0.3 is 11.1 Å². The van der Waals surface area contributed by atoms with Gasteiger partial charge in [0.2, 0.25) is 5.82 Å². The maximum Gasteiger partial charge on any atom is 0.311 e. The summed E-state index contributed by atoms with van der Waals surface area (Å²) in [7, 11) is 0. The number of anilines is 3. The number of pyridine rings is 1. The third-order valence-corrected chi connectivity index (χ3v) is 2.56. The van der Waals surface area contributed by atoms with Crippen molar-refractivity contribution in [3.05, 3.63) is 39.1 Å². The summed E-state index contributed by atoms with van der Waals surface area (Å²) in [4.78, 5) is 14.1. The summed E-state index contributed by atoms with van der Waals surface area (Å²) in [6.07, 6.45) is 0. The molecular weight excluding hydrogens is 228 g/mol. The fourth-order valence-electron chi connectivity index (χ4n) is 1.18. The summed E-state index contributed by atoms with van der Waals surface area (Å²) in [6.45, 7) is 0. The van der Waals surface area contributed by atoms with E-state index in [0.29, 0.717) is 0 Å². The number of nitrogen functional groups attached to an aromatic ring is 1. The van der Waals surface area contributed by atoms with Gasteiger partial charge in [0.05, 0.1) is 10.6 Å². The molecular formula is C9H8N4O2S. The number of nitrogens with zero attached hydrogens (tertiary/aromatic N) is 2. The molecule has 0 bridgehead atoms. The zero-order chi connectivity index (χ0) is 11.5. The number of aromatic nitrogens is 1. The number of hydrogen-bond donors (Lipinski definition) is 2. The summed E-state index contributed by atoms with van der Waals surface area (Å²) < 4.78 is 0. The topological polar surface area (TPSA) is 94.1 Å². The van der Waals surface area contributed by atoms with Crippen LogP contribution in [0.2, 0.25) is 0 Å². The van der Waals surface area contributed by atoms with Crippen LogP contribution in [0.4, 0.5) is 23.0 Å². The SMILES string of the molecule is Nc1ccc([N+](=O)[O-])c(Nc2ccsc2)n1. The van der Waals surface area contributed by atoms with E-state index in [1.54, 1.807) is 6.07 Å². The molecule has 0 atom stereocenters. The van der Waals surface area contributed by atoms with Crippen LogP contribution < -0.4 is 11.1 Å². The van der Waals surface area contributed by atoms with Gasteiger partial charge in [0, 0.05) is 11.4 Å². The molecule has 0 aliphatic heterocycles. The highest BCUT2D eigenvalue weighted by Crippen LogP contribution is 2.27. The van der Waals surface area contributed by atoms with Crippen LogP contribution in [0.5, 0.6) is 0 Å². The van der Waals surface area contributed by atoms with E-state index in [4.69, 9.17) is 5.73 Å². The molecule has 0 amide bonds. The predicted molar refractivity (Wildman–Crippen MR) is 62.9 cm³/mol. The van der Waals surface area contributed by atoms with Crippen LogP contribution in [-0.4, -0.2) is 9.91 Å². The number of hydrogen-bond acceptors (Lipinski definition) is 6. The van der Waals surface area contributed by atoms with Crippen molar-refractivity contribution in [2.75, 3.05) is 11.1 Å². The molecule has 2 aromatic heterocycles. The Labute approximate surface area is 94.9 Å². The van der Waals surface area contributed by atoms with Crippen molar-refractivity contribution in [2.45, 2.75) is 0 Å². The molecule has 0 saturated carbocycles. The molecule has 6 nitrogen and oxygen atoms in total. The first-order chi connectivity index (χ1) is 7.66. The Morgan fingerprint density at radius 3 is 2.88 bits per heavy atom. The summed E-state index contributed by atoms with van der Waals surface area (Å²) in [5, 5.41) is 17.3. The molecule has 0 aliphatic carbocycles. The maximum absolute atomic E-state index is 10.7. The Hall–Kier alpha value is -2.15. The van der Waals surface area contributed by atoms with Crippen molar-refractivity contribution in [3.8, 4) is 0 Å². The molecule has 0 spiro atoms. The number of nitrogens with two attached hydrogens (primary N) is 1. The van der Waals surface area contributed by atoms with E-state index in [0.717, 1.165) is 5.69 Å². The van der Waals surface area contributed by atoms with Crippen LogP contribution in [0.3, 0.4) is 0 Å². The lowest BCUT2D eigenvalue weighted by Gasteiger charge is -2.04. The Kier molecular flexibility index (Phi) is 2.69. The number of nitro groups is 1. The minimum atomic E-state index is -0.499. The van der Waals surface area contributed by atoms with Gasteiger partial charge in [-0.3, -0.25) is 10.1 Å². The minimum absolute atomic E-state index is 0.0969. The molecule has 2 rings (SSSR count). The lowest BCUT2D eigenvalue weighted by Crippen LogP contribution is -2.01. The molecule has 0 unspecified atom stereocenters. The van der Waals surface area contributed by atoms with Crippen molar-refractivity contribution in [1.82, 2.24) is 4.98 Å². The van der Waals surface area contributed by atoms with E-state index in [9.17, 15) is 10.1 Å². The van der Waals surface area contributed by atoms with Crippen molar-refractivity contribution in [1.29, 1.82) is 0 Å². The average molecular weight is 236 g/mol. The molecule has 82 valence electrons. The molecule has 7 heteroatoms. The van der Waals surface area contributed by atoms with Crippen LogP contribution in [0.15, 0.2) is 29.0 Å². The van der Waals surface area contributed by atoms with Gasteiger partial charge in [0.1, 0.15) is 5.82 Å². The molecule has 0 aliphatic rings. The quantitative estimate of drug-likeness (QED) is 0.630. The highest BCUT2D eigenvalue weighted by atomic mass is 32.1. The van der Waals surface area contributed by atoms with Crippen LogP contribution in [-0.2, 0) is 0 Å². The van der Waals surface area contributed by atoms with Gasteiger partial charge in [-0.1, -0.05) is 0 Å². The number of thiophene rings is 1. The highest BCUT2D eigenvalue weighted by molar-refractivity contribution is 7.08. The van der Waals surface area contributed by atoms with E-state index >= 15 is 0 Å². The van der Waals surface area contributed by atoms with Crippen molar-refractivity contribution < 1.29 is 4.92 Å². The van der Waals surface area contributed by atoms with E-state index in [2.05, 4.69) is 10.3 Å². The molecule has 0 aromatic carbocycles. The van der Waals surface area contributed by atoms with Crippen molar-refractivity contribution in [2.24, 2.45) is 0 Å². The zero-order valence-electron chi connectivity index (χ0n) is 8.08. The average Bonchev–Trinajstić information content (AvgIpc) is 2.70. The first-order valence-electron chi connectivity index (χ1n) is 4.37. The lowest BCUT2D eigenvalue weighted by molar-refractivity contribution is -0.384. The normalized spacial score (nSPS) is 10.0. The predicted octanol–water partition coefficient (Wildman–Crippen LogP) is 2.38. The molecule has 16 heavy (non-hydrogen) atoms. The van der Waals surface area contributed by atoms with Crippen LogP contribution in [0, 0.1) is 10.1 Å².